The van der Waals surface area contributed by atoms with Crippen molar-refractivity contribution in [1.29, 1.82) is 0 Å². The van der Waals surface area contributed by atoms with Gasteiger partial charge in [0.2, 0.25) is 0 Å². The van der Waals surface area contributed by atoms with E-state index in [1.54, 1.807) is 14.2 Å². The maximum absolute atomic E-state index is 12.3. The van der Waals surface area contributed by atoms with Crippen LogP contribution in [0.1, 0.15) is 34.8 Å². The SMILES string of the molecule is CCC(CNC(=O)c1ccccc1)N1CCc2cc(OC)c(OC)cc2C1. The highest BCUT2D eigenvalue weighted by Gasteiger charge is 2.24. The Hall–Kier alpha value is -2.53. The van der Waals surface area contributed by atoms with Crippen LogP contribution in [-0.4, -0.2) is 44.2 Å². The third-order valence-electron chi connectivity index (χ3n) is 5.27. The van der Waals surface area contributed by atoms with Crippen molar-refractivity contribution < 1.29 is 14.3 Å². The number of benzene rings is 2. The van der Waals surface area contributed by atoms with Crippen LogP contribution in [0.4, 0.5) is 0 Å². The van der Waals surface area contributed by atoms with Crippen molar-refractivity contribution in [3.63, 3.8) is 0 Å². The minimum atomic E-state index is -0.0159. The van der Waals surface area contributed by atoms with Crippen LogP contribution in [0.3, 0.4) is 0 Å². The Morgan fingerprint density at radius 1 is 1.11 bits per heavy atom. The van der Waals surface area contributed by atoms with E-state index in [0.717, 1.165) is 37.4 Å². The Bertz CT molecular complexity index is 777. The van der Waals surface area contributed by atoms with Crippen molar-refractivity contribution in [2.45, 2.75) is 32.4 Å². The van der Waals surface area contributed by atoms with Gasteiger partial charge in [-0.25, -0.2) is 0 Å². The van der Waals surface area contributed by atoms with E-state index in [2.05, 4.69) is 29.3 Å². The summed E-state index contributed by atoms with van der Waals surface area (Å²) in [5.74, 6) is 1.54. The van der Waals surface area contributed by atoms with Crippen molar-refractivity contribution in [3.05, 3.63) is 59.2 Å². The van der Waals surface area contributed by atoms with Gasteiger partial charge in [-0.2, -0.15) is 0 Å². The molecule has 2 aromatic carbocycles. The summed E-state index contributed by atoms with van der Waals surface area (Å²) in [4.78, 5) is 14.8. The van der Waals surface area contributed by atoms with Crippen molar-refractivity contribution in [1.82, 2.24) is 10.2 Å². The van der Waals surface area contributed by atoms with Crippen LogP contribution in [0.5, 0.6) is 11.5 Å². The number of nitrogens with zero attached hydrogens (tertiary/aromatic N) is 1. The lowest BCUT2D eigenvalue weighted by Crippen LogP contribution is -2.45. The van der Waals surface area contributed by atoms with Gasteiger partial charge in [0.05, 0.1) is 14.2 Å². The molecule has 0 saturated carbocycles. The first-order chi connectivity index (χ1) is 13.2. The maximum Gasteiger partial charge on any atom is 0.251 e. The predicted molar refractivity (Wildman–Crippen MR) is 107 cm³/mol. The molecular weight excluding hydrogens is 340 g/mol. The summed E-state index contributed by atoms with van der Waals surface area (Å²) in [6, 6.07) is 13.8. The average Bonchev–Trinajstić information content (AvgIpc) is 2.73. The molecule has 0 radical (unpaired) electrons. The standard InChI is InChI=1S/C22H28N2O3/c1-4-19(14-23-22(25)16-8-6-5-7-9-16)24-11-10-17-12-20(26-2)21(27-3)13-18(17)15-24/h5-9,12-13,19H,4,10-11,14-15H2,1-3H3,(H,23,25). The number of methoxy groups -OCH3 is 2. The van der Waals surface area contributed by atoms with Crippen LogP contribution in [0, 0.1) is 0 Å². The number of carbonyl (C=O) groups is 1. The number of carbonyl (C=O) groups excluding carboxylic acids is 1. The van der Waals surface area contributed by atoms with Gasteiger partial charge < -0.3 is 14.8 Å². The van der Waals surface area contributed by atoms with Crippen LogP contribution >= 0.6 is 0 Å². The zero-order valence-corrected chi connectivity index (χ0v) is 16.3. The number of rotatable bonds is 7. The van der Waals surface area contributed by atoms with Gasteiger partial charge in [0.15, 0.2) is 11.5 Å². The molecule has 0 aliphatic carbocycles. The molecule has 1 atom stereocenters. The van der Waals surface area contributed by atoms with Gasteiger partial charge in [0, 0.05) is 31.2 Å². The van der Waals surface area contributed by atoms with Crippen LogP contribution in [-0.2, 0) is 13.0 Å². The minimum absolute atomic E-state index is 0.0159. The molecule has 2 aromatic rings. The van der Waals surface area contributed by atoms with Gasteiger partial charge in [-0.3, -0.25) is 9.69 Å². The van der Waals surface area contributed by atoms with Gasteiger partial charge in [-0.1, -0.05) is 25.1 Å². The van der Waals surface area contributed by atoms with Crippen molar-refractivity contribution in [2.24, 2.45) is 0 Å². The smallest absolute Gasteiger partial charge is 0.251 e. The van der Waals surface area contributed by atoms with E-state index in [9.17, 15) is 4.79 Å². The Morgan fingerprint density at radius 3 is 2.41 bits per heavy atom. The first-order valence-corrected chi connectivity index (χ1v) is 9.47. The zero-order chi connectivity index (χ0) is 19.2. The summed E-state index contributed by atoms with van der Waals surface area (Å²) in [5, 5.41) is 3.09. The predicted octanol–water partition coefficient (Wildman–Crippen LogP) is 3.27. The summed E-state index contributed by atoms with van der Waals surface area (Å²) in [6.45, 7) is 4.65. The third kappa shape index (κ3) is 4.42. The minimum Gasteiger partial charge on any atom is -0.493 e. The van der Waals surface area contributed by atoms with E-state index in [1.165, 1.54) is 11.1 Å². The molecule has 27 heavy (non-hydrogen) atoms. The van der Waals surface area contributed by atoms with Crippen molar-refractivity contribution >= 4 is 5.91 Å². The quantitative estimate of drug-likeness (QED) is 0.815. The van der Waals surface area contributed by atoms with Crippen molar-refractivity contribution in [2.75, 3.05) is 27.3 Å². The lowest BCUT2D eigenvalue weighted by atomic mass is 9.97. The third-order valence-corrected chi connectivity index (χ3v) is 5.27. The van der Waals surface area contributed by atoms with E-state index in [0.29, 0.717) is 18.2 Å². The monoisotopic (exact) mass is 368 g/mol. The molecule has 0 spiro atoms. The fraction of sp³-hybridized carbons (Fsp3) is 0.409. The molecule has 1 aliphatic heterocycles. The number of hydrogen-bond acceptors (Lipinski definition) is 4. The number of nitrogens with one attached hydrogen (secondary N) is 1. The normalized spacial score (nSPS) is 14.9. The summed E-state index contributed by atoms with van der Waals surface area (Å²) in [6.07, 6.45) is 1.95. The van der Waals surface area contributed by atoms with Crippen LogP contribution < -0.4 is 14.8 Å². The molecule has 5 nitrogen and oxygen atoms in total. The topological polar surface area (TPSA) is 50.8 Å². The van der Waals surface area contributed by atoms with E-state index in [1.807, 2.05) is 30.3 Å². The number of amides is 1. The molecule has 0 saturated heterocycles. The van der Waals surface area contributed by atoms with E-state index in [4.69, 9.17) is 9.47 Å². The molecule has 1 aliphatic rings. The second kappa shape index (κ2) is 8.91. The van der Waals surface area contributed by atoms with Gasteiger partial charge >= 0.3 is 0 Å². The molecule has 1 N–H and O–H groups in total. The second-order valence-electron chi connectivity index (χ2n) is 6.83. The van der Waals surface area contributed by atoms with E-state index in [-0.39, 0.29) is 5.91 Å². The summed E-state index contributed by atoms with van der Waals surface area (Å²) >= 11 is 0. The largest absolute Gasteiger partial charge is 0.493 e. The molecule has 1 amide bonds. The first kappa shape index (κ1) is 19.2. The lowest BCUT2D eigenvalue weighted by molar-refractivity contribution is 0.0926. The summed E-state index contributed by atoms with van der Waals surface area (Å²) in [5.41, 5.74) is 3.28. The molecular formula is C22H28N2O3. The molecule has 144 valence electrons. The van der Waals surface area contributed by atoms with Gasteiger partial charge in [-0.15, -0.1) is 0 Å². The highest BCUT2D eigenvalue weighted by molar-refractivity contribution is 5.94. The number of fused-ring (bicyclic) bond motifs is 1. The zero-order valence-electron chi connectivity index (χ0n) is 16.3. The van der Waals surface area contributed by atoms with Gasteiger partial charge in [0.25, 0.3) is 5.91 Å². The van der Waals surface area contributed by atoms with Crippen LogP contribution in [0.2, 0.25) is 0 Å². The van der Waals surface area contributed by atoms with Crippen LogP contribution in [0.25, 0.3) is 0 Å². The van der Waals surface area contributed by atoms with E-state index < -0.39 is 0 Å². The average molecular weight is 368 g/mol. The first-order valence-electron chi connectivity index (χ1n) is 9.47. The Morgan fingerprint density at radius 2 is 1.78 bits per heavy atom. The Labute approximate surface area is 161 Å². The van der Waals surface area contributed by atoms with Gasteiger partial charge in [-0.05, 0) is 48.2 Å². The second-order valence-corrected chi connectivity index (χ2v) is 6.83. The lowest BCUT2D eigenvalue weighted by Gasteiger charge is -2.35. The fourth-order valence-electron chi connectivity index (χ4n) is 3.65. The summed E-state index contributed by atoms with van der Waals surface area (Å²) in [7, 11) is 3.33. The summed E-state index contributed by atoms with van der Waals surface area (Å²) < 4.78 is 10.9. The molecule has 0 aromatic heterocycles. The van der Waals surface area contributed by atoms with Crippen molar-refractivity contribution in [3.8, 4) is 11.5 Å². The molecule has 0 bridgehead atoms. The molecule has 3 rings (SSSR count). The van der Waals surface area contributed by atoms with Crippen LogP contribution in [0.15, 0.2) is 42.5 Å². The highest BCUT2D eigenvalue weighted by atomic mass is 16.5. The number of hydrogen-bond donors (Lipinski definition) is 1. The molecule has 1 heterocycles. The van der Waals surface area contributed by atoms with Gasteiger partial charge in [0.1, 0.15) is 0 Å². The molecule has 5 heteroatoms. The highest BCUT2D eigenvalue weighted by Crippen LogP contribution is 2.33. The molecule has 0 fully saturated rings. The van der Waals surface area contributed by atoms with E-state index >= 15 is 0 Å². The Kier molecular flexibility index (Phi) is 6.35. The molecule has 1 unspecified atom stereocenters. The Balaban J connectivity index is 1.66. The number of ether oxygens (including phenoxy) is 2. The maximum atomic E-state index is 12.3. The fourth-order valence-corrected chi connectivity index (χ4v) is 3.65.